The van der Waals surface area contributed by atoms with Gasteiger partial charge in [0, 0.05) is 12.5 Å². The number of Topliss-reactive ketones (excluding diaryl/α,β-unsaturated/α-hetero) is 1. The van der Waals surface area contributed by atoms with Crippen LogP contribution in [0.3, 0.4) is 0 Å². The minimum absolute atomic E-state index is 0.0414. The van der Waals surface area contributed by atoms with Crippen LogP contribution < -0.4 is 4.18 Å². The molecule has 0 heterocycles. The summed E-state index contributed by atoms with van der Waals surface area (Å²) in [6, 6.07) is 11.2. The van der Waals surface area contributed by atoms with Crippen LogP contribution in [0.2, 0.25) is 0 Å². The number of carbonyl (C=O) groups excluding carboxylic acids is 1. The van der Waals surface area contributed by atoms with E-state index in [9.17, 15) is 23.3 Å². The summed E-state index contributed by atoms with van der Waals surface area (Å²) in [6.45, 7) is 1.50. The molecule has 0 aliphatic rings. The van der Waals surface area contributed by atoms with Crippen molar-refractivity contribution in [2.24, 2.45) is 0 Å². The monoisotopic (exact) mass is 349 g/mol. The molecule has 2 aromatic carbocycles. The van der Waals surface area contributed by atoms with Gasteiger partial charge in [0.25, 0.3) is 5.69 Å². The highest BCUT2D eigenvalue weighted by molar-refractivity contribution is 7.87. The molecule has 126 valence electrons. The smallest absolute Gasteiger partial charge is 0.346 e. The van der Waals surface area contributed by atoms with Gasteiger partial charge in [-0.15, -0.1) is 0 Å². The topological polar surface area (TPSA) is 104 Å². The van der Waals surface area contributed by atoms with Gasteiger partial charge in [-0.2, -0.15) is 8.42 Å². The van der Waals surface area contributed by atoms with Crippen LogP contribution in [-0.4, -0.2) is 19.1 Å². The summed E-state index contributed by atoms with van der Waals surface area (Å²) in [7, 11) is -4.32. The van der Waals surface area contributed by atoms with Crippen LogP contribution in [-0.2, 0) is 21.3 Å². The Morgan fingerprint density at radius 1 is 1.12 bits per heavy atom. The van der Waals surface area contributed by atoms with Crippen molar-refractivity contribution in [3.8, 4) is 5.75 Å². The van der Waals surface area contributed by atoms with Crippen molar-refractivity contribution in [1.29, 1.82) is 0 Å². The van der Waals surface area contributed by atoms with Crippen molar-refractivity contribution in [2.45, 2.75) is 24.7 Å². The number of carbonyl (C=O) groups is 1. The summed E-state index contributed by atoms with van der Waals surface area (Å²) in [6.07, 6.45) is 0.946. The molecule has 2 aromatic rings. The molecule has 0 spiro atoms. The molecule has 0 fully saturated rings. The highest BCUT2D eigenvalue weighted by Crippen LogP contribution is 2.26. The Kier molecular flexibility index (Phi) is 5.30. The lowest BCUT2D eigenvalue weighted by molar-refractivity contribution is -0.387. The van der Waals surface area contributed by atoms with Crippen molar-refractivity contribution in [3.05, 3.63) is 64.2 Å². The first-order valence-corrected chi connectivity index (χ1v) is 8.47. The van der Waals surface area contributed by atoms with Crippen molar-refractivity contribution >= 4 is 21.6 Å². The Labute approximate surface area is 139 Å². The van der Waals surface area contributed by atoms with Gasteiger partial charge >= 0.3 is 10.1 Å². The number of para-hydroxylation sites is 1. The van der Waals surface area contributed by atoms with E-state index in [0.29, 0.717) is 12.8 Å². The zero-order valence-corrected chi connectivity index (χ0v) is 13.7. The molecule has 0 amide bonds. The Morgan fingerprint density at radius 2 is 1.75 bits per heavy atom. The van der Waals surface area contributed by atoms with Crippen LogP contribution in [0.4, 0.5) is 5.69 Å². The standard InChI is InChI=1S/C16H15NO6S/c1-12(18)6-7-13-8-10-14(11-9-13)23-24(21,22)16-5-3-2-4-15(16)17(19)20/h2-5,8-11H,6-7H2,1H3. The van der Waals surface area contributed by atoms with E-state index >= 15 is 0 Å². The van der Waals surface area contributed by atoms with Gasteiger partial charge in [0.1, 0.15) is 11.5 Å². The molecule has 0 aromatic heterocycles. The van der Waals surface area contributed by atoms with Crippen LogP contribution in [0.15, 0.2) is 53.4 Å². The number of nitro groups is 1. The maximum absolute atomic E-state index is 12.3. The fourth-order valence-electron chi connectivity index (χ4n) is 2.02. The van der Waals surface area contributed by atoms with E-state index in [4.69, 9.17) is 4.18 Å². The minimum Gasteiger partial charge on any atom is -0.379 e. The van der Waals surface area contributed by atoms with Gasteiger partial charge in [-0.1, -0.05) is 24.3 Å². The summed E-state index contributed by atoms with van der Waals surface area (Å²) in [5.41, 5.74) is 0.316. The molecule has 0 unspecified atom stereocenters. The third-order valence-electron chi connectivity index (χ3n) is 3.23. The predicted octanol–water partition coefficient (Wildman–Crippen LogP) is 2.88. The van der Waals surface area contributed by atoms with Gasteiger partial charge in [0.05, 0.1) is 4.92 Å². The normalized spacial score (nSPS) is 11.0. The van der Waals surface area contributed by atoms with Crippen molar-refractivity contribution < 1.29 is 22.3 Å². The first-order chi connectivity index (χ1) is 11.3. The third kappa shape index (κ3) is 4.39. The van der Waals surface area contributed by atoms with Crippen molar-refractivity contribution in [1.82, 2.24) is 0 Å². The molecule has 0 radical (unpaired) electrons. The van der Waals surface area contributed by atoms with Gasteiger partial charge in [0.2, 0.25) is 0 Å². The molecule has 0 atom stereocenters. The molecular weight excluding hydrogens is 334 g/mol. The molecule has 8 heteroatoms. The maximum Gasteiger partial charge on any atom is 0.346 e. The predicted molar refractivity (Wildman–Crippen MR) is 86.4 cm³/mol. The molecule has 0 saturated heterocycles. The van der Waals surface area contributed by atoms with Crippen molar-refractivity contribution in [2.75, 3.05) is 0 Å². The SMILES string of the molecule is CC(=O)CCc1ccc(OS(=O)(=O)c2ccccc2[N+](=O)[O-])cc1. The maximum atomic E-state index is 12.3. The van der Waals surface area contributed by atoms with E-state index in [1.807, 2.05) is 0 Å². The van der Waals surface area contributed by atoms with Crippen LogP contribution in [0.5, 0.6) is 5.75 Å². The fraction of sp³-hybridized carbons (Fsp3) is 0.188. The van der Waals surface area contributed by atoms with Gasteiger partial charge in [-0.25, -0.2) is 0 Å². The number of hydrogen-bond acceptors (Lipinski definition) is 6. The molecule has 0 N–H and O–H groups in total. The zero-order chi connectivity index (χ0) is 17.7. The number of benzene rings is 2. The van der Waals surface area contributed by atoms with E-state index in [1.54, 1.807) is 12.1 Å². The summed E-state index contributed by atoms with van der Waals surface area (Å²) in [5, 5.41) is 11.0. The highest BCUT2D eigenvalue weighted by atomic mass is 32.2. The van der Waals surface area contributed by atoms with E-state index in [-0.39, 0.29) is 11.5 Å². The summed E-state index contributed by atoms with van der Waals surface area (Å²) < 4.78 is 29.5. The van der Waals surface area contributed by atoms with Crippen LogP contribution >= 0.6 is 0 Å². The molecular formula is C16H15NO6S. The Morgan fingerprint density at radius 3 is 2.33 bits per heavy atom. The van der Waals surface area contributed by atoms with E-state index in [0.717, 1.165) is 17.7 Å². The quantitative estimate of drug-likeness (QED) is 0.432. The number of ketones is 1. The second kappa shape index (κ2) is 7.22. The number of aryl methyl sites for hydroxylation is 1. The molecule has 0 bridgehead atoms. The van der Waals surface area contributed by atoms with Gasteiger partial charge < -0.3 is 8.98 Å². The first-order valence-electron chi connectivity index (χ1n) is 7.06. The van der Waals surface area contributed by atoms with Crippen LogP contribution in [0, 0.1) is 10.1 Å². The largest absolute Gasteiger partial charge is 0.379 e. The Hall–Kier alpha value is -2.74. The van der Waals surface area contributed by atoms with Crippen molar-refractivity contribution in [3.63, 3.8) is 0 Å². The lowest BCUT2D eigenvalue weighted by Gasteiger charge is -2.08. The molecule has 2 rings (SSSR count). The van der Waals surface area contributed by atoms with E-state index < -0.39 is 25.6 Å². The van der Waals surface area contributed by atoms with E-state index in [1.165, 1.54) is 31.2 Å². The van der Waals surface area contributed by atoms with Crippen LogP contribution in [0.25, 0.3) is 0 Å². The number of nitro benzene ring substituents is 1. The highest BCUT2D eigenvalue weighted by Gasteiger charge is 2.27. The second-order valence-electron chi connectivity index (χ2n) is 5.11. The molecule has 0 aliphatic carbocycles. The van der Waals surface area contributed by atoms with Gasteiger partial charge in [-0.3, -0.25) is 10.1 Å². The molecule has 24 heavy (non-hydrogen) atoms. The fourth-order valence-corrected chi connectivity index (χ4v) is 3.12. The number of hydrogen-bond donors (Lipinski definition) is 0. The average Bonchev–Trinajstić information content (AvgIpc) is 2.54. The number of rotatable bonds is 7. The first kappa shape index (κ1) is 17.6. The Balaban J connectivity index is 2.21. The summed E-state index contributed by atoms with van der Waals surface area (Å²) in [4.78, 5) is 20.6. The second-order valence-corrected chi connectivity index (χ2v) is 6.62. The average molecular weight is 349 g/mol. The third-order valence-corrected chi connectivity index (χ3v) is 4.52. The lowest BCUT2D eigenvalue weighted by atomic mass is 10.1. The van der Waals surface area contributed by atoms with Gasteiger partial charge in [0.15, 0.2) is 4.90 Å². The summed E-state index contributed by atoms with van der Waals surface area (Å²) in [5.74, 6) is 0.106. The lowest BCUT2D eigenvalue weighted by Crippen LogP contribution is -2.12. The molecule has 0 aliphatic heterocycles. The Bertz CT molecular complexity index is 858. The summed E-state index contributed by atoms with van der Waals surface area (Å²) >= 11 is 0. The minimum atomic E-state index is -4.32. The van der Waals surface area contributed by atoms with E-state index in [2.05, 4.69) is 0 Å². The molecule has 7 nitrogen and oxygen atoms in total. The van der Waals surface area contributed by atoms with Crippen LogP contribution in [0.1, 0.15) is 18.9 Å². The molecule has 0 saturated carbocycles. The number of nitrogens with zero attached hydrogens (tertiary/aromatic N) is 1. The van der Waals surface area contributed by atoms with Gasteiger partial charge in [-0.05, 0) is 37.1 Å². The zero-order valence-electron chi connectivity index (χ0n) is 12.8.